The second-order valence-electron chi connectivity index (χ2n) is 3.57. The molecule has 6 heteroatoms. The van der Waals surface area contributed by atoms with Gasteiger partial charge in [0.2, 0.25) is 0 Å². The standard InChI is InChI=1S/C11H11N3O2S/c1-3-9-4-6-10(7-5-9)11-8-14(13-12-11)17(2,15)16/h3-8H,1H2,2H3. The van der Waals surface area contributed by atoms with Gasteiger partial charge < -0.3 is 0 Å². The van der Waals surface area contributed by atoms with Gasteiger partial charge in [-0.3, -0.25) is 0 Å². The quantitative estimate of drug-likeness (QED) is 0.824. The van der Waals surface area contributed by atoms with E-state index >= 15 is 0 Å². The average Bonchev–Trinajstić information content (AvgIpc) is 2.78. The highest BCUT2D eigenvalue weighted by Crippen LogP contribution is 2.17. The fourth-order valence-corrected chi connectivity index (χ4v) is 1.79. The lowest BCUT2D eigenvalue weighted by Gasteiger charge is -1.96. The summed E-state index contributed by atoms with van der Waals surface area (Å²) in [6.07, 6.45) is 4.20. The third-order valence-electron chi connectivity index (χ3n) is 2.26. The molecule has 0 atom stereocenters. The lowest BCUT2D eigenvalue weighted by Crippen LogP contribution is -2.10. The summed E-state index contributed by atoms with van der Waals surface area (Å²) in [5, 5.41) is 7.38. The molecule has 17 heavy (non-hydrogen) atoms. The molecule has 0 fully saturated rings. The highest BCUT2D eigenvalue weighted by Gasteiger charge is 2.10. The molecule has 5 nitrogen and oxygen atoms in total. The molecule has 1 aromatic carbocycles. The second kappa shape index (κ2) is 4.14. The van der Waals surface area contributed by atoms with E-state index in [-0.39, 0.29) is 0 Å². The molecule has 1 heterocycles. The minimum Gasteiger partial charge on any atom is -0.205 e. The van der Waals surface area contributed by atoms with E-state index in [0.717, 1.165) is 21.5 Å². The zero-order chi connectivity index (χ0) is 12.5. The van der Waals surface area contributed by atoms with E-state index in [4.69, 9.17) is 0 Å². The van der Waals surface area contributed by atoms with Crippen molar-refractivity contribution in [2.24, 2.45) is 0 Å². The Morgan fingerprint density at radius 3 is 2.41 bits per heavy atom. The van der Waals surface area contributed by atoms with Gasteiger partial charge in [-0.25, -0.2) is 8.42 Å². The van der Waals surface area contributed by atoms with Crippen molar-refractivity contribution >= 4 is 16.1 Å². The summed E-state index contributed by atoms with van der Waals surface area (Å²) in [5.74, 6) is 0. The Morgan fingerprint density at radius 2 is 1.94 bits per heavy atom. The first-order valence-electron chi connectivity index (χ1n) is 4.86. The van der Waals surface area contributed by atoms with E-state index in [2.05, 4.69) is 16.9 Å². The van der Waals surface area contributed by atoms with Gasteiger partial charge in [0.15, 0.2) is 0 Å². The molecule has 0 aliphatic rings. The van der Waals surface area contributed by atoms with Crippen molar-refractivity contribution < 1.29 is 8.42 Å². The molecular weight excluding hydrogens is 238 g/mol. The van der Waals surface area contributed by atoms with Gasteiger partial charge in [-0.05, 0) is 5.56 Å². The van der Waals surface area contributed by atoms with Gasteiger partial charge in [-0.2, -0.15) is 0 Å². The molecule has 2 aromatic rings. The van der Waals surface area contributed by atoms with Gasteiger partial charge >= 0.3 is 0 Å². The molecule has 0 aliphatic heterocycles. The number of hydrogen-bond acceptors (Lipinski definition) is 4. The Hall–Kier alpha value is -1.95. The van der Waals surface area contributed by atoms with Crippen LogP contribution in [0.4, 0.5) is 0 Å². The second-order valence-corrected chi connectivity index (χ2v) is 5.41. The molecule has 2 rings (SSSR count). The fraction of sp³-hybridized carbons (Fsp3) is 0.0909. The van der Waals surface area contributed by atoms with Gasteiger partial charge in [0, 0.05) is 5.56 Å². The summed E-state index contributed by atoms with van der Waals surface area (Å²) in [4.78, 5) is 0. The fourth-order valence-electron chi connectivity index (χ4n) is 1.33. The predicted molar refractivity (Wildman–Crippen MR) is 65.8 cm³/mol. The van der Waals surface area contributed by atoms with Gasteiger partial charge in [-0.15, -0.1) is 9.19 Å². The lowest BCUT2D eigenvalue weighted by molar-refractivity contribution is 0.583. The van der Waals surface area contributed by atoms with Gasteiger partial charge in [0.1, 0.15) is 5.69 Å². The lowest BCUT2D eigenvalue weighted by atomic mass is 10.1. The first-order valence-corrected chi connectivity index (χ1v) is 6.71. The molecule has 0 bridgehead atoms. The Morgan fingerprint density at radius 1 is 1.29 bits per heavy atom. The molecule has 0 N–H and O–H groups in total. The van der Waals surface area contributed by atoms with Crippen LogP contribution in [0.1, 0.15) is 5.56 Å². The number of rotatable bonds is 3. The van der Waals surface area contributed by atoms with Gasteiger partial charge in [0.05, 0.1) is 12.5 Å². The van der Waals surface area contributed by atoms with Crippen LogP contribution in [0.3, 0.4) is 0 Å². The maximum Gasteiger partial charge on any atom is 0.252 e. The van der Waals surface area contributed by atoms with Crippen molar-refractivity contribution in [2.45, 2.75) is 0 Å². The first-order chi connectivity index (χ1) is 8.00. The Labute approximate surface area is 99.4 Å². The Balaban J connectivity index is 2.40. The van der Waals surface area contributed by atoms with Crippen LogP contribution in [0, 0.1) is 0 Å². The third-order valence-corrected chi connectivity index (χ3v) is 3.11. The third kappa shape index (κ3) is 2.42. The van der Waals surface area contributed by atoms with E-state index in [0.29, 0.717) is 5.69 Å². The summed E-state index contributed by atoms with van der Waals surface area (Å²) < 4.78 is 23.3. The van der Waals surface area contributed by atoms with Crippen LogP contribution in [-0.4, -0.2) is 29.1 Å². The molecule has 0 radical (unpaired) electrons. The van der Waals surface area contributed by atoms with Crippen molar-refractivity contribution in [3.63, 3.8) is 0 Å². The normalized spacial score (nSPS) is 11.4. The van der Waals surface area contributed by atoms with Crippen molar-refractivity contribution in [2.75, 3.05) is 6.26 Å². The van der Waals surface area contributed by atoms with Crippen LogP contribution >= 0.6 is 0 Å². The number of benzene rings is 1. The van der Waals surface area contributed by atoms with Crippen LogP contribution in [-0.2, 0) is 10.0 Å². The Kier molecular flexibility index (Phi) is 2.81. The topological polar surface area (TPSA) is 64.8 Å². The maximum atomic E-state index is 11.2. The smallest absolute Gasteiger partial charge is 0.205 e. The van der Waals surface area contributed by atoms with Gasteiger partial charge in [-0.1, -0.05) is 42.1 Å². The molecule has 1 aromatic heterocycles. The van der Waals surface area contributed by atoms with Crippen molar-refractivity contribution in [1.29, 1.82) is 0 Å². The molecule has 0 saturated heterocycles. The number of nitrogens with zero attached hydrogens (tertiary/aromatic N) is 3. The van der Waals surface area contributed by atoms with Crippen LogP contribution in [0.25, 0.3) is 17.3 Å². The van der Waals surface area contributed by atoms with Crippen molar-refractivity contribution in [1.82, 2.24) is 14.4 Å². The molecule has 88 valence electrons. The zero-order valence-electron chi connectivity index (χ0n) is 9.24. The van der Waals surface area contributed by atoms with E-state index < -0.39 is 10.0 Å². The molecule has 0 saturated carbocycles. The summed E-state index contributed by atoms with van der Waals surface area (Å²) >= 11 is 0. The average molecular weight is 249 g/mol. The van der Waals surface area contributed by atoms with Crippen LogP contribution in [0.5, 0.6) is 0 Å². The minimum absolute atomic E-state index is 0.519. The van der Waals surface area contributed by atoms with E-state index in [1.165, 1.54) is 6.20 Å². The zero-order valence-corrected chi connectivity index (χ0v) is 10.1. The maximum absolute atomic E-state index is 11.2. The summed E-state index contributed by atoms with van der Waals surface area (Å²) in [7, 11) is -3.38. The molecular formula is C11H11N3O2S. The minimum atomic E-state index is -3.38. The SMILES string of the molecule is C=Cc1ccc(-c2cn(S(C)(=O)=O)nn2)cc1. The van der Waals surface area contributed by atoms with Crippen molar-refractivity contribution in [3.8, 4) is 11.3 Å². The number of aromatic nitrogens is 3. The summed E-state index contributed by atoms with van der Waals surface area (Å²) in [6.45, 7) is 3.66. The molecule has 0 aliphatic carbocycles. The van der Waals surface area contributed by atoms with Crippen LogP contribution in [0.2, 0.25) is 0 Å². The highest BCUT2D eigenvalue weighted by molar-refractivity contribution is 7.89. The van der Waals surface area contributed by atoms with Crippen molar-refractivity contribution in [3.05, 3.63) is 42.6 Å². The largest absolute Gasteiger partial charge is 0.252 e. The summed E-state index contributed by atoms with van der Waals surface area (Å²) in [5.41, 5.74) is 2.32. The van der Waals surface area contributed by atoms with E-state index in [9.17, 15) is 8.42 Å². The number of hydrogen-bond donors (Lipinski definition) is 0. The van der Waals surface area contributed by atoms with Crippen LogP contribution in [0.15, 0.2) is 37.0 Å². The Bertz CT molecular complexity index is 642. The van der Waals surface area contributed by atoms with Crippen LogP contribution < -0.4 is 0 Å². The molecule has 0 amide bonds. The first kappa shape index (κ1) is 11.5. The monoisotopic (exact) mass is 249 g/mol. The van der Waals surface area contributed by atoms with Gasteiger partial charge in [0.25, 0.3) is 10.0 Å². The van der Waals surface area contributed by atoms with E-state index in [1.54, 1.807) is 6.08 Å². The summed E-state index contributed by atoms with van der Waals surface area (Å²) in [6, 6.07) is 7.44. The molecule has 0 unspecified atom stereocenters. The van der Waals surface area contributed by atoms with E-state index in [1.807, 2.05) is 24.3 Å². The predicted octanol–water partition coefficient (Wildman–Crippen LogP) is 1.40. The molecule has 0 spiro atoms. The highest BCUT2D eigenvalue weighted by atomic mass is 32.2.